The number of halogens is 6. The maximum Gasteiger partial charge on any atom is 0.434 e. The number of anilines is 2. The van der Waals surface area contributed by atoms with Crippen molar-refractivity contribution in [2.24, 2.45) is 0 Å². The second-order valence-electron chi connectivity index (χ2n) is 23.4. The summed E-state index contributed by atoms with van der Waals surface area (Å²) < 4.78 is 97.5. The van der Waals surface area contributed by atoms with Gasteiger partial charge in [0.1, 0.15) is 47.6 Å². The number of alkyl halides is 6. The molecule has 8 heterocycles. The summed E-state index contributed by atoms with van der Waals surface area (Å²) in [5.41, 5.74) is 3.67. The monoisotopic (exact) mass is 1290 g/mol. The van der Waals surface area contributed by atoms with Gasteiger partial charge in [-0.1, -0.05) is 66.3 Å². The highest BCUT2D eigenvalue weighted by Gasteiger charge is 2.38. The van der Waals surface area contributed by atoms with Gasteiger partial charge in [-0.15, -0.1) is 11.3 Å². The molecular formula is C65H65F6N19O2S. The van der Waals surface area contributed by atoms with Crippen molar-refractivity contribution in [3.05, 3.63) is 136 Å². The van der Waals surface area contributed by atoms with Crippen molar-refractivity contribution in [1.82, 2.24) is 83.7 Å². The third kappa shape index (κ3) is 15.0. The average molecular weight is 1290 g/mol. The number of hydrogen-bond donors (Lipinski definition) is 0. The smallest absolute Gasteiger partial charge is 0.434 e. The van der Waals surface area contributed by atoms with E-state index in [2.05, 4.69) is 78.3 Å². The molecule has 1 saturated heterocycles. The Morgan fingerprint density at radius 1 is 0.559 bits per heavy atom. The highest BCUT2D eigenvalue weighted by atomic mass is 32.1. The number of thiazole rings is 1. The Bertz CT molecular complexity index is 4220. The molecule has 0 unspecified atom stereocenters. The van der Waals surface area contributed by atoms with E-state index in [0.717, 1.165) is 86.8 Å². The number of ether oxygens (including phenoxy) is 2. The van der Waals surface area contributed by atoms with Gasteiger partial charge in [0.25, 0.3) is 0 Å². The van der Waals surface area contributed by atoms with E-state index in [0.29, 0.717) is 94.6 Å². The first-order valence-electron chi connectivity index (χ1n) is 30.4. The summed E-state index contributed by atoms with van der Waals surface area (Å²) in [6.07, 6.45) is 2.81. The minimum atomic E-state index is -4.59. The number of piperazine rings is 1. The Labute approximate surface area is 536 Å². The molecule has 21 nitrogen and oxygen atoms in total. The summed E-state index contributed by atoms with van der Waals surface area (Å²) >= 11 is 1.42. The SMILES string of the molecule is COc1ncnc(C2CC2)c1-c1ncnc(N(CC#CCN2CCN(Cc3nc(OC)c(-c4ncnc(N(CC#Cc5nccs5)Cc5ccc(-c6nc(C(F)(F)F)cn6C(C)C)cc5)n4)c(C4CC4)n3)CC2)Cc2ccc(-c3nc(C(F)(F)F)cn3C(C)C)cc2)n1. The molecule has 1 aliphatic heterocycles. The van der Waals surface area contributed by atoms with Crippen molar-refractivity contribution in [1.29, 1.82) is 0 Å². The molecule has 3 fully saturated rings. The van der Waals surface area contributed by atoms with Crippen LogP contribution in [0.1, 0.15) is 122 Å². The van der Waals surface area contributed by atoms with Gasteiger partial charge in [0.15, 0.2) is 28.0 Å². The van der Waals surface area contributed by atoms with Gasteiger partial charge in [-0.2, -0.15) is 41.3 Å². The summed E-state index contributed by atoms with van der Waals surface area (Å²) in [4.78, 5) is 68.2. The number of hydrogen-bond acceptors (Lipinski definition) is 20. The fourth-order valence-electron chi connectivity index (χ4n) is 10.9. The van der Waals surface area contributed by atoms with Crippen molar-refractivity contribution in [2.45, 2.75) is 109 Å². The van der Waals surface area contributed by atoms with E-state index < -0.39 is 23.7 Å². The van der Waals surface area contributed by atoms with E-state index in [1.807, 2.05) is 67.1 Å². The third-order valence-electron chi connectivity index (χ3n) is 16.0. The molecule has 93 heavy (non-hydrogen) atoms. The quantitative estimate of drug-likeness (QED) is 0.0484. The number of imidazole rings is 2. The molecule has 3 aliphatic rings. The first kappa shape index (κ1) is 63.6. The number of methoxy groups -OCH3 is 2. The van der Waals surface area contributed by atoms with Crippen molar-refractivity contribution in [2.75, 3.05) is 69.8 Å². The number of rotatable bonds is 21. The van der Waals surface area contributed by atoms with Crippen molar-refractivity contribution in [3.8, 4) is 81.0 Å². The molecule has 0 bridgehead atoms. The van der Waals surface area contributed by atoms with Crippen LogP contribution in [0.5, 0.6) is 11.8 Å². The van der Waals surface area contributed by atoms with Crippen LogP contribution in [-0.2, 0) is 32.0 Å². The summed E-state index contributed by atoms with van der Waals surface area (Å²) in [5, 5.41) is 2.50. The Kier molecular flexibility index (Phi) is 18.7. The van der Waals surface area contributed by atoms with Gasteiger partial charge in [0.05, 0.1) is 51.8 Å². The molecule has 0 N–H and O–H groups in total. The molecule has 2 aromatic carbocycles. The molecule has 2 saturated carbocycles. The second kappa shape index (κ2) is 27.4. The molecule has 0 amide bonds. The summed E-state index contributed by atoms with van der Waals surface area (Å²) in [6, 6.07) is 14.0. The molecule has 2 aliphatic carbocycles. The van der Waals surface area contributed by atoms with Crippen LogP contribution in [0, 0.1) is 23.7 Å². The fourth-order valence-corrected chi connectivity index (χ4v) is 11.4. The Morgan fingerprint density at radius 3 is 1.56 bits per heavy atom. The molecule has 480 valence electrons. The fraction of sp³-hybridized carbons (Fsp3) is 0.400. The lowest BCUT2D eigenvalue weighted by Crippen LogP contribution is -2.46. The Hall–Kier alpha value is -9.51. The third-order valence-corrected chi connectivity index (χ3v) is 16.7. The topological polar surface area (TPSA) is 209 Å². The van der Waals surface area contributed by atoms with Crippen molar-refractivity contribution >= 4 is 23.2 Å². The first-order chi connectivity index (χ1) is 44.9. The van der Waals surface area contributed by atoms with Gasteiger partial charge in [-0.3, -0.25) is 9.80 Å². The standard InChI is InChI=1S/C65H65F6N19O2S/c1-40(2)89-34-48(64(66,67)68)79-58(89)46-15-11-42(12-16-46)32-87(62-77-38-74-56(83-62)52-54(44-19-20-44)73-37-76-60(52)91-5)25-8-7-24-85-27-29-86(30-28-85)36-50-81-55(45-21-22-45)53(61(82-50)92-6)57-75-39-78-63(84-57)88(26-9-10-51-72-23-31-93-51)33-43-13-17-47(18-14-43)59-80-49(65(69,70)71)35-90(59)41(3)4/h11-18,23,31,34-35,37-41,44-45H,19-22,24-30,32-33,36H2,1-6H3. The van der Waals surface area contributed by atoms with E-state index >= 15 is 0 Å². The maximum absolute atomic E-state index is 13.8. The van der Waals surface area contributed by atoms with Gasteiger partial charge in [-0.05, 0) is 70.4 Å². The zero-order chi connectivity index (χ0) is 65.0. The predicted octanol–water partition coefficient (Wildman–Crippen LogP) is 11.0. The lowest BCUT2D eigenvalue weighted by atomic mass is 10.1. The highest BCUT2D eigenvalue weighted by molar-refractivity contribution is 7.10. The van der Waals surface area contributed by atoms with Gasteiger partial charge in [0.2, 0.25) is 23.7 Å². The van der Waals surface area contributed by atoms with Gasteiger partial charge < -0.3 is 28.4 Å². The van der Waals surface area contributed by atoms with E-state index in [1.165, 1.54) is 39.5 Å². The van der Waals surface area contributed by atoms with Crippen LogP contribution in [0.25, 0.3) is 45.6 Å². The molecule has 9 aromatic rings. The first-order valence-corrected chi connectivity index (χ1v) is 31.3. The maximum atomic E-state index is 13.8. The lowest BCUT2D eigenvalue weighted by molar-refractivity contribution is -0.141. The number of aromatic nitrogens is 15. The number of benzene rings is 2. The minimum Gasteiger partial charge on any atom is -0.480 e. The summed E-state index contributed by atoms with van der Waals surface area (Å²) in [7, 11) is 3.12. The largest absolute Gasteiger partial charge is 0.480 e. The van der Waals surface area contributed by atoms with Crippen molar-refractivity contribution in [3.63, 3.8) is 0 Å². The highest BCUT2D eigenvalue weighted by Crippen LogP contribution is 2.47. The Morgan fingerprint density at radius 2 is 1.06 bits per heavy atom. The van der Waals surface area contributed by atoms with Crippen LogP contribution in [0.4, 0.5) is 38.2 Å². The van der Waals surface area contributed by atoms with Crippen LogP contribution in [0.15, 0.2) is 91.5 Å². The van der Waals surface area contributed by atoms with Crippen LogP contribution >= 0.6 is 11.3 Å². The zero-order valence-corrected chi connectivity index (χ0v) is 52.7. The lowest BCUT2D eigenvalue weighted by Gasteiger charge is -2.33. The summed E-state index contributed by atoms with van der Waals surface area (Å²) in [6.45, 7) is 12.2. The van der Waals surface area contributed by atoms with Gasteiger partial charge in [-0.25, -0.2) is 49.8 Å². The molecule has 0 radical (unpaired) electrons. The van der Waals surface area contributed by atoms with E-state index in [-0.39, 0.29) is 48.7 Å². The molecule has 0 atom stereocenters. The van der Waals surface area contributed by atoms with Crippen LogP contribution in [-0.4, -0.2) is 144 Å². The zero-order valence-electron chi connectivity index (χ0n) is 51.9. The molecule has 7 aromatic heterocycles. The van der Waals surface area contributed by atoms with Crippen LogP contribution < -0.4 is 19.3 Å². The van der Waals surface area contributed by atoms with Crippen molar-refractivity contribution < 1.29 is 35.8 Å². The second-order valence-corrected chi connectivity index (χ2v) is 24.3. The van der Waals surface area contributed by atoms with Gasteiger partial charge in [0, 0.05) is 98.3 Å². The molecular weight excluding hydrogens is 1220 g/mol. The molecule has 28 heteroatoms. The van der Waals surface area contributed by atoms with Crippen LogP contribution in [0.2, 0.25) is 0 Å². The normalized spacial score (nSPS) is 14.6. The minimum absolute atomic E-state index is 0.151. The predicted molar refractivity (Wildman–Crippen MR) is 335 cm³/mol. The van der Waals surface area contributed by atoms with Crippen LogP contribution in [0.3, 0.4) is 0 Å². The van der Waals surface area contributed by atoms with E-state index in [4.69, 9.17) is 29.4 Å². The molecule has 12 rings (SSSR count). The Balaban J connectivity index is 0.733. The average Bonchev–Trinajstić information content (AvgIpc) is 1.72. The van der Waals surface area contributed by atoms with Gasteiger partial charge >= 0.3 is 12.4 Å². The van der Waals surface area contributed by atoms with E-state index in [9.17, 15) is 26.3 Å². The number of nitrogens with zero attached hydrogens (tertiary/aromatic N) is 19. The molecule has 0 spiro atoms. The van der Waals surface area contributed by atoms with E-state index in [1.54, 1.807) is 44.7 Å². The summed E-state index contributed by atoms with van der Waals surface area (Å²) in [5.74, 6) is 16.6.